The van der Waals surface area contributed by atoms with Gasteiger partial charge < -0.3 is 5.11 Å². The van der Waals surface area contributed by atoms with E-state index in [2.05, 4.69) is 20.8 Å². The normalized spacial score (nSPS) is 23.1. The van der Waals surface area contributed by atoms with Gasteiger partial charge in [-0.3, -0.25) is 9.69 Å². The fourth-order valence-corrected chi connectivity index (χ4v) is 3.52. The lowest BCUT2D eigenvalue weighted by molar-refractivity contribution is -0.150. The van der Waals surface area contributed by atoms with Gasteiger partial charge in [-0.1, -0.05) is 31.0 Å². The predicted octanol–water partition coefficient (Wildman–Crippen LogP) is 4.32. The van der Waals surface area contributed by atoms with Crippen LogP contribution in [-0.4, -0.2) is 28.1 Å². The highest BCUT2D eigenvalue weighted by Gasteiger charge is 2.46. The van der Waals surface area contributed by atoms with Crippen LogP contribution in [0.5, 0.6) is 0 Å². The van der Waals surface area contributed by atoms with Crippen LogP contribution in [0.3, 0.4) is 0 Å². The molecule has 1 aromatic rings. The molecule has 1 heterocycles. The number of carboxylic acid groups (broad SMARTS) is 1. The molecule has 20 heavy (non-hydrogen) atoms. The van der Waals surface area contributed by atoms with Gasteiger partial charge in [0.15, 0.2) is 0 Å². The number of hydrogen-bond acceptors (Lipinski definition) is 2. The Morgan fingerprint density at radius 1 is 1.55 bits per heavy atom. The Morgan fingerprint density at radius 3 is 2.90 bits per heavy atom. The van der Waals surface area contributed by atoms with Crippen LogP contribution in [0.2, 0.25) is 5.02 Å². The van der Waals surface area contributed by atoms with E-state index in [9.17, 15) is 9.90 Å². The summed E-state index contributed by atoms with van der Waals surface area (Å²) in [4.78, 5) is 13.9. The molecular weight excluding hydrogens is 342 g/mol. The first kappa shape index (κ1) is 15.8. The standard InChI is InChI=1S/C15H19BrClNO2/c1-2-6-15(14(19)20)7-3-8-18(15)10-11-4-5-12(16)13(17)9-11/h4-5,9H,2-3,6-8,10H2,1H3,(H,19,20). The maximum absolute atomic E-state index is 11.8. The summed E-state index contributed by atoms with van der Waals surface area (Å²) in [6.45, 7) is 3.51. The molecule has 1 atom stereocenters. The first-order valence-electron chi connectivity index (χ1n) is 6.92. The Kier molecular flexibility index (Phi) is 5.10. The second-order valence-corrected chi connectivity index (χ2v) is 6.62. The van der Waals surface area contributed by atoms with E-state index in [-0.39, 0.29) is 0 Å². The van der Waals surface area contributed by atoms with Gasteiger partial charge >= 0.3 is 5.97 Å². The van der Waals surface area contributed by atoms with Gasteiger partial charge in [-0.25, -0.2) is 0 Å². The summed E-state index contributed by atoms with van der Waals surface area (Å²) >= 11 is 9.49. The van der Waals surface area contributed by atoms with Crippen LogP contribution in [0.15, 0.2) is 22.7 Å². The maximum Gasteiger partial charge on any atom is 0.324 e. The molecular formula is C15H19BrClNO2. The molecule has 1 aliphatic rings. The zero-order valence-electron chi connectivity index (χ0n) is 11.5. The zero-order chi connectivity index (χ0) is 14.8. The molecule has 1 N–H and O–H groups in total. The Balaban J connectivity index is 2.22. The molecule has 2 rings (SSSR count). The predicted molar refractivity (Wildman–Crippen MR) is 84.1 cm³/mol. The number of benzene rings is 1. The number of rotatable bonds is 5. The van der Waals surface area contributed by atoms with Crippen LogP contribution in [0.1, 0.15) is 38.2 Å². The number of carboxylic acids is 1. The highest BCUT2D eigenvalue weighted by molar-refractivity contribution is 9.10. The van der Waals surface area contributed by atoms with Crippen molar-refractivity contribution in [3.63, 3.8) is 0 Å². The van der Waals surface area contributed by atoms with Crippen molar-refractivity contribution in [3.05, 3.63) is 33.3 Å². The Labute approximate surface area is 133 Å². The fourth-order valence-electron chi connectivity index (χ4n) is 3.07. The highest BCUT2D eigenvalue weighted by Crippen LogP contribution is 2.35. The summed E-state index contributed by atoms with van der Waals surface area (Å²) in [5.74, 6) is -0.694. The molecule has 1 unspecified atom stereocenters. The molecule has 0 radical (unpaired) electrons. The van der Waals surface area contributed by atoms with Gasteiger partial charge in [-0.15, -0.1) is 0 Å². The SMILES string of the molecule is CCCC1(C(=O)O)CCCN1Cc1ccc(Br)c(Cl)c1. The first-order valence-corrected chi connectivity index (χ1v) is 8.09. The minimum atomic E-state index is -0.700. The number of likely N-dealkylation sites (tertiary alicyclic amines) is 1. The maximum atomic E-state index is 11.8. The number of halogens is 2. The summed E-state index contributed by atoms with van der Waals surface area (Å²) in [7, 11) is 0. The molecule has 1 saturated heterocycles. The van der Waals surface area contributed by atoms with E-state index in [0.29, 0.717) is 18.0 Å². The van der Waals surface area contributed by atoms with E-state index >= 15 is 0 Å². The third-order valence-corrected chi connectivity index (χ3v) is 5.28. The second-order valence-electron chi connectivity index (χ2n) is 5.36. The van der Waals surface area contributed by atoms with Crippen molar-refractivity contribution in [2.45, 2.75) is 44.7 Å². The number of aliphatic carboxylic acids is 1. The Bertz CT molecular complexity index is 509. The minimum Gasteiger partial charge on any atom is -0.480 e. The third-order valence-electron chi connectivity index (χ3n) is 4.04. The molecule has 1 aliphatic heterocycles. The van der Waals surface area contributed by atoms with E-state index in [0.717, 1.165) is 35.8 Å². The number of nitrogens with zero attached hydrogens (tertiary/aromatic N) is 1. The smallest absolute Gasteiger partial charge is 0.324 e. The van der Waals surface area contributed by atoms with Gasteiger partial charge in [0, 0.05) is 11.0 Å². The summed E-state index contributed by atoms with van der Waals surface area (Å²) in [6, 6.07) is 5.81. The zero-order valence-corrected chi connectivity index (χ0v) is 13.9. The quantitative estimate of drug-likeness (QED) is 0.850. The number of carbonyl (C=O) groups is 1. The van der Waals surface area contributed by atoms with Gasteiger partial charge in [0.2, 0.25) is 0 Å². The molecule has 110 valence electrons. The molecule has 3 nitrogen and oxygen atoms in total. The molecule has 0 bridgehead atoms. The van der Waals surface area contributed by atoms with Crippen molar-refractivity contribution in [1.82, 2.24) is 4.90 Å². The second kappa shape index (κ2) is 6.46. The van der Waals surface area contributed by atoms with Crippen molar-refractivity contribution >= 4 is 33.5 Å². The van der Waals surface area contributed by atoms with Crippen molar-refractivity contribution in [2.24, 2.45) is 0 Å². The molecule has 1 fully saturated rings. The minimum absolute atomic E-state index is 0.638. The van der Waals surface area contributed by atoms with Crippen molar-refractivity contribution in [3.8, 4) is 0 Å². The average molecular weight is 361 g/mol. The van der Waals surface area contributed by atoms with Gasteiger partial charge in [0.25, 0.3) is 0 Å². The van der Waals surface area contributed by atoms with Gasteiger partial charge in [0.1, 0.15) is 5.54 Å². The Hall–Kier alpha value is -0.580. The van der Waals surface area contributed by atoms with E-state index in [1.54, 1.807) is 0 Å². The largest absolute Gasteiger partial charge is 0.480 e. The summed E-state index contributed by atoms with van der Waals surface area (Å²) in [5.41, 5.74) is 0.357. The lowest BCUT2D eigenvalue weighted by Crippen LogP contribution is -2.49. The molecule has 5 heteroatoms. The average Bonchev–Trinajstić information content (AvgIpc) is 2.79. The highest BCUT2D eigenvalue weighted by atomic mass is 79.9. The molecule has 0 aliphatic carbocycles. The van der Waals surface area contributed by atoms with Crippen molar-refractivity contribution < 1.29 is 9.90 Å². The van der Waals surface area contributed by atoms with Crippen LogP contribution in [0, 0.1) is 0 Å². The third kappa shape index (κ3) is 3.02. The van der Waals surface area contributed by atoms with E-state index < -0.39 is 11.5 Å². The lowest BCUT2D eigenvalue weighted by atomic mass is 9.90. The summed E-state index contributed by atoms with van der Waals surface area (Å²) < 4.78 is 0.863. The molecule has 0 saturated carbocycles. The van der Waals surface area contributed by atoms with Crippen LogP contribution in [0.25, 0.3) is 0 Å². The lowest BCUT2D eigenvalue weighted by Gasteiger charge is -2.34. The molecule has 0 amide bonds. The van der Waals surface area contributed by atoms with Gasteiger partial charge in [-0.05, 0) is 59.4 Å². The monoisotopic (exact) mass is 359 g/mol. The number of hydrogen-bond donors (Lipinski definition) is 1. The van der Waals surface area contributed by atoms with Crippen LogP contribution >= 0.6 is 27.5 Å². The Morgan fingerprint density at radius 2 is 2.30 bits per heavy atom. The van der Waals surface area contributed by atoms with Crippen LogP contribution in [0.4, 0.5) is 0 Å². The fraction of sp³-hybridized carbons (Fsp3) is 0.533. The van der Waals surface area contributed by atoms with Crippen molar-refractivity contribution in [2.75, 3.05) is 6.54 Å². The summed E-state index contributed by atoms with van der Waals surface area (Å²) in [5, 5.41) is 10.3. The van der Waals surface area contributed by atoms with Crippen LogP contribution in [-0.2, 0) is 11.3 Å². The molecule has 0 aromatic heterocycles. The van der Waals surface area contributed by atoms with Crippen molar-refractivity contribution in [1.29, 1.82) is 0 Å². The van der Waals surface area contributed by atoms with Crippen LogP contribution < -0.4 is 0 Å². The summed E-state index contributed by atoms with van der Waals surface area (Å²) in [6.07, 6.45) is 3.26. The molecule has 0 spiro atoms. The van der Waals surface area contributed by atoms with Gasteiger partial charge in [0.05, 0.1) is 5.02 Å². The molecule has 1 aromatic carbocycles. The van der Waals surface area contributed by atoms with Gasteiger partial charge in [-0.2, -0.15) is 0 Å². The van der Waals surface area contributed by atoms with E-state index in [1.807, 2.05) is 25.1 Å². The van der Waals surface area contributed by atoms with E-state index in [4.69, 9.17) is 11.6 Å². The van der Waals surface area contributed by atoms with E-state index in [1.165, 1.54) is 0 Å². The topological polar surface area (TPSA) is 40.5 Å². The first-order chi connectivity index (χ1) is 9.49.